The van der Waals surface area contributed by atoms with Crippen LogP contribution in [0.15, 0.2) is 0 Å². The van der Waals surface area contributed by atoms with Crippen molar-refractivity contribution >= 4 is 11.9 Å². The van der Waals surface area contributed by atoms with E-state index in [4.69, 9.17) is 18.9 Å². The molecular formula is C12H23NO6. The van der Waals surface area contributed by atoms with Crippen molar-refractivity contribution in [3.63, 3.8) is 0 Å². The molecule has 112 valence electrons. The van der Waals surface area contributed by atoms with Gasteiger partial charge >= 0.3 is 11.9 Å². The predicted octanol–water partition coefficient (Wildman–Crippen LogP) is -0.265. The fraction of sp³-hybridized carbons (Fsp3) is 0.833. The highest BCUT2D eigenvalue weighted by Gasteiger charge is 2.05. The van der Waals surface area contributed by atoms with Crippen molar-refractivity contribution in [1.82, 2.24) is 5.32 Å². The van der Waals surface area contributed by atoms with Crippen LogP contribution >= 0.6 is 0 Å². The Balaban J connectivity index is 3.35. The number of hydrogen-bond donors (Lipinski definition) is 1. The largest absolute Gasteiger partial charge is 0.462 e. The summed E-state index contributed by atoms with van der Waals surface area (Å²) in [5, 5.41) is 2.64. The van der Waals surface area contributed by atoms with Crippen molar-refractivity contribution in [2.75, 3.05) is 52.7 Å². The summed E-state index contributed by atoms with van der Waals surface area (Å²) in [7, 11) is 0. The lowest BCUT2D eigenvalue weighted by atomic mass is 10.5. The number of carbonyl (C=O) groups excluding carboxylic acids is 2. The number of nitrogens with one attached hydrogen (secondary N) is 1. The average molecular weight is 277 g/mol. The number of carbonyl (C=O) groups is 2. The normalized spacial score (nSPS) is 10.2. The molecule has 0 radical (unpaired) electrons. The topological polar surface area (TPSA) is 83.1 Å². The van der Waals surface area contributed by atoms with E-state index in [-0.39, 0.29) is 26.3 Å². The van der Waals surface area contributed by atoms with Gasteiger partial charge in [-0.05, 0) is 13.8 Å². The monoisotopic (exact) mass is 277 g/mol. The third-order valence-electron chi connectivity index (χ3n) is 1.93. The number of hydrogen-bond acceptors (Lipinski definition) is 7. The molecule has 0 saturated heterocycles. The van der Waals surface area contributed by atoms with E-state index in [0.717, 1.165) is 0 Å². The van der Waals surface area contributed by atoms with Crippen LogP contribution in [0.4, 0.5) is 0 Å². The molecule has 0 bridgehead atoms. The van der Waals surface area contributed by atoms with Gasteiger partial charge in [0.05, 0.1) is 26.3 Å². The van der Waals surface area contributed by atoms with Gasteiger partial charge in [0.15, 0.2) is 0 Å². The molecule has 19 heavy (non-hydrogen) atoms. The van der Waals surface area contributed by atoms with Gasteiger partial charge in [0.25, 0.3) is 0 Å². The molecule has 0 aliphatic heterocycles. The van der Waals surface area contributed by atoms with Crippen LogP contribution in [-0.4, -0.2) is 64.7 Å². The third kappa shape index (κ3) is 13.1. The summed E-state index contributed by atoms with van der Waals surface area (Å²) in [5.41, 5.74) is 0. The summed E-state index contributed by atoms with van der Waals surface area (Å²) in [6.45, 7) is 6.01. The lowest BCUT2D eigenvalue weighted by Gasteiger charge is -2.07. The van der Waals surface area contributed by atoms with Gasteiger partial charge in [-0.1, -0.05) is 0 Å². The van der Waals surface area contributed by atoms with Crippen molar-refractivity contribution in [2.45, 2.75) is 13.8 Å². The molecule has 7 nitrogen and oxygen atoms in total. The zero-order valence-corrected chi connectivity index (χ0v) is 11.6. The Kier molecular flexibility index (Phi) is 12.4. The maximum atomic E-state index is 11.2. The van der Waals surface area contributed by atoms with Crippen LogP contribution in [0.3, 0.4) is 0 Å². The van der Waals surface area contributed by atoms with E-state index in [1.807, 2.05) is 13.8 Å². The molecule has 0 aliphatic carbocycles. The summed E-state index contributed by atoms with van der Waals surface area (Å²) < 4.78 is 19.7. The van der Waals surface area contributed by atoms with Gasteiger partial charge in [0.2, 0.25) is 0 Å². The summed E-state index contributed by atoms with van der Waals surface area (Å²) in [5.74, 6) is -0.858. The quantitative estimate of drug-likeness (QED) is 0.388. The van der Waals surface area contributed by atoms with E-state index in [2.05, 4.69) is 5.32 Å². The first-order valence-electron chi connectivity index (χ1n) is 6.38. The minimum absolute atomic E-state index is 0.0350. The summed E-state index contributed by atoms with van der Waals surface area (Å²) >= 11 is 0. The maximum Gasteiger partial charge on any atom is 0.320 e. The standard InChI is InChI=1S/C12H23NO6/c1-3-16-5-7-18-11(14)9-13-10-12(15)19-8-6-17-4-2/h13H,3-10H2,1-2H3. The van der Waals surface area contributed by atoms with Gasteiger partial charge in [-0.25, -0.2) is 0 Å². The van der Waals surface area contributed by atoms with Gasteiger partial charge in [-0.2, -0.15) is 0 Å². The first-order valence-corrected chi connectivity index (χ1v) is 6.38. The first kappa shape index (κ1) is 17.8. The van der Waals surface area contributed by atoms with Crippen molar-refractivity contribution in [2.24, 2.45) is 0 Å². The SMILES string of the molecule is CCOCCOC(=O)CNCC(=O)OCCOCC. The molecule has 7 heteroatoms. The molecular weight excluding hydrogens is 254 g/mol. The van der Waals surface area contributed by atoms with E-state index in [1.54, 1.807) is 0 Å². The first-order chi connectivity index (χ1) is 9.20. The second-order valence-electron chi connectivity index (χ2n) is 3.44. The van der Waals surface area contributed by atoms with Crippen LogP contribution in [0.25, 0.3) is 0 Å². The number of ether oxygens (including phenoxy) is 4. The Morgan fingerprint density at radius 2 is 1.21 bits per heavy atom. The summed E-state index contributed by atoms with van der Waals surface area (Å²) in [6.07, 6.45) is 0. The zero-order chi connectivity index (χ0) is 14.3. The molecule has 0 atom stereocenters. The number of rotatable bonds is 12. The maximum absolute atomic E-state index is 11.2. The third-order valence-corrected chi connectivity index (χ3v) is 1.93. The fourth-order valence-electron chi connectivity index (χ4n) is 1.09. The van der Waals surface area contributed by atoms with Crippen molar-refractivity contribution in [3.8, 4) is 0 Å². The molecule has 0 rings (SSSR count). The van der Waals surface area contributed by atoms with Crippen LogP contribution < -0.4 is 5.32 Å². The number of esters is 2. The van der Waals surface area contributed by atoms with Gasteiger partial charge < -0.3 is 18.9 Å². The molecule has 0 aromatic heterocycles. The van der Waals surface area contributed by atoms with Crippen molar-refractivity contribution in [3.05, 3.63) is 0 Å². The van der Waals surface area contributed by atoms with E-state index in [1.165, 1.54) is 0 Å². The molecule has 0 fully saturated rings. The van der Waals surface area contributed by atoms with Crippen molar-refractivity contribution in [1.29, 1.82) is 0 Å². The molecule has 0 unspecified atom stereocenters. The minimum atomic E-state index is -0.429. The molecule has 0 aromatic rings. The molecule has 1 N–H and O–H groups in total. The minimum Gasteiger partial charge on any atom is -0.462 e. The van der Waals surface area contributed by atoms with Gasteiger partial charge in [-0.15, -0.1) is 0 Å². The van der Waals surface area contributed by atoms with Crippen LogP contribution in [0, 0.1) is 0 Å². The molecule has 0 aromatic carbocycles. The smallest absolute Gasteiger partial charge is 0.320 e. The Morgan fingerprint density at radius 1 is 0.789 bits per heavy atom. The highest BCUT2D eigenvalue weighted by Crippen LogP contribution is 1.82. The Morgan fingerprint density at radius 3 is 1.58 bits per heavy atom. The fourth-order valence-corrected chi connectivity index (χ4v) is 1.09. The van der Waals surface area contributed by atoms with Crippen LogP contribution in [0.2, 0.25) is 0 Å². The second kappa shape index (κ2) is 13.3. The van der Waals surface area contributed by atoms with E-state index in [0.29, 0.717) is 26.4 Å². The van der Waals surface area contributed by atoms with E-state index >= 15 is 0 Å². The highest BCUT2D eigenvalue weighted by atomic mass is 16.6. The predicted molar refractivity (Wildman–Crippen MR) is 67.8 cm³/mol. The lowest BCUT2D eigenvalue weighted by Crippen LogP contribution is -2.31. The Labute approximate surface area is 113 Å². The molecule has 0 saturated carbocycles. The molecule has 0 amide bonds. The van der Waals surface area contributed by atoms with Gasteiger partial charge in [-0.3, -0.25) is 14.9 Å². The van der Waals surface area contributed by atoms with Crippen LogP contribution in [0.1, 0.15) is 13.8 Å². The Hall–Kier alpha value is -1.18. The van der Waals surface area contributed by atoms with Crippen LogP contribution in [0.5, 0.6) is 0 Å². The van der Waals surface area contributed by atoms with E-state index in [9.17, 15) is 9.59 Å². The Bertz CT molecular complexity index is 222. The second-order valence-corrected chi connectivity index (χ2v) is 3.44. The van der Waals surface area contributed by atoms with Crippen molar-refractivity contribution < 1.29 is 28.5 Å². The summed E-state index contributed by atoms with van der Waals surface area (Å²) in [6, 6.07) is 0. The van der Waals surface area contributed by atoms with Gasteiger partial charge in [0.1, 0.15) is 13.2 Å². The highest BCUT2D eigenvalue weighted by molar-refractivity contribution is 5.74. The summed E-state index contributed by atoms with van der Waals surface area (Å²) in [4.78, 5) is 22.3. The average Bonchev–Trinajstić information content (AvgIpc) is 2.40. The van der Waals surface area contributed by atoms with Crippen LogP contribution in [-0.2, 0) is 28.5 Å². The zero-order valence-electron chi connectivity index (χ0n) is 11.6. The van der Waals surface area contributed by atoms with Gasteiger partial charge in [0, 0.05) is 13.2 Å². The lowest BCUT2D eigenvalue weighted by molar-refractivity contribution is -0.145. The molecule has 0 heterocycles. The molecule has 0 spiro atoms. The van der Waals surface area contributed by atoms with E-state index < -0.39 is 11.9 Å². The molecule has 0 aliphatic rings.